The molecule has 0 aromatic heterocycles. The first-order valence-corrected chi connectivity index (χ1v) is 3.91. The van der Waals surface area contributed by atoms with Gasteiger partial charge in [0, 0.05) is 0 Å². The summed E-state index contributed by atoms with van der Waals surface area (Å²) in [4.78, 5) is 0. The molecule has 0 radical (unpaired) electrons. The van der Waals surface area contributed by atoms with Crippen LogP contribution in [-0.2, 0) is 0 Å². The smallest absolute Gasteiger partial charge is 0.272 e. The van der Waals surface area contributed by atoms with E-state index in [1.54, 1.807) is 12.1 Å². The Labute approximate surface area is 79.6 Å². The highest BCUT2D eigenvalue weighted by molar-refractivity contribution is 5.79. The van der Waals surface area contributed by atoms with Crippen LogP contribution in [0.25, 0.3) is 0 Å². The number of nitrogens with zero attached hydrogens (tertiary/aromatic N) is 1. The van der Waals surface area contributed by atoms with Gasteiger partial charge in [-0.25, -0.2) is 8.78 Å². The summed E-state index contributed by atoms with van der Waals surface area (Å²) < 4.78 is 28.2. The summed E-state index contributed by atoms with van der Waals surface area (Å²) in [6.45, 7) is -0.618. The number of halogens is 2. The van der Waals surface area contributed by atoms with Crippen LogP contribution in [0.2, 0.25) is 0 Å². The van der Waals surface area contributed by atoms with Gasteiger partial charge in [0.05, 0.1) is 6.21 Å². The second kappa shape index (κ2) is 5.16. The number of rotatable bonds is 4. The van der Waals surface area contributed by atoms with Crippen LogP contribution in [0.5, 0.6) is 5.75 Å². The van der Waals surface area contributed by atoms with Gasteiger partial charge in [-0.2, -0.15) is 0 Å². The van der Waals surface area contributed by atoms with Crippen molar-refractivity contribution < 1.29 is 18.7 Å². The average molecular weight is 201 g/mol. The van der Waals surface area contributed by atoms with E-state index in [2.05, 4.69) is 5.16 Å². The molecule has 0 atom stereocenters. The first-order chi connectivity index (χ1) is 6.72. The van der Waals surface area contributed by atoms with Gasteiger partial charge >= 0.3 is 0 Å². The van der Waals surface area contributed by atoms with E-state index in [1.165, 1.54) is 18.3 Å². The van der Waals surface area contributed by atoms with E-state index in [4.69, 9.17) is 9.94 Å². The molecular formula is C9H9F2NO2. The lowest BCUT2D eigenvalue weighted by molar-refractivity contribution is 0.0819. The average Bonchev–Trinajstić information content (AvgIpc) is 2.17. The van der Waals surface area contributed by atoms with Crippen LogP contribution in [-0.4, -0.2) is 24.5 Å². The van der Waals surface area contributed by atoms with Gasteiger partial charge in [0.25, 0.3) is 6.43 Å². The van der Waals surface area contributed by atoms with Gasteiger partial charge in [-0.05, 0) is 29.8 Å². The topological polar surface area (TPSA) is 41.8 Å². The maximum atomic E-state index is 11.7. The molecule has 0 bridgehead atoms. The van der Waals surface area contributed by atoms with Gasteiger partial charge in [-0.1, -0.05) is 5.16 Å². The van der Waals surface area contributed by atoms with E-state index in [-0.39, 0.29) is 0 Å². The van der Waals surface area contributed by atoms with E-state index in [0.29, 0.717) is 11.3 Å². The summed E-state index contributed by atoms with van der Waals surface area (Å²) >= 11 is 0. The van der Waals surface area contributed by atoms with Crippen molar-refractivity contribution in [2.75, 3.05) is 6.61 Å². The summed E-state index contributed by atoms with van der Waals surface area (Å²) in [5, 5.41) is 11.0. The number of ether oxygens (including phenoxy) is 1. The lowest BCUT2D eigenvalue weighted by Crippen LogP contribution is -2.06. The van der Waals surface area contributed by atoms with Crippen molar-refractivity contribution in [2.45, 2.75) is 6.43 Å². The van der Waals surface area contributed by atoms with Crippen LogP contribution in [0.1, 0.15) is 5.56 Å². The normalized spacial score (nSPS) is 11.1. The Hall–Kier alpha value is -1.65. The van der Waals surface area contributed by atoms with Crippen LogP contribution in [0.3, 0.4) is 0 Å². The molecule has 0 amide bonds. The SMILES string of the molecule is O/N=C\c1ccc(OCC(F)F)cc1. The second-order valence-corrected chi connectivity index (χ2v) is 2.52. The zero-order chi connectivity index (χ0) is 10.4. The number of hydrogen-bond donors (Lipinski definition) is 1. The summed E-state index contributed by atoms with van der Waals surface area (Å²) in [7, 11) is 0. The first-order valence-electron chi connectivity index (χ1n) is 3.91. The van der Waals surface area contributed by atoms with E-state index in [9.17, 15) is 8.78 Å². The highest BCUT2D eigenvalue weighted by Crippen LogP contribution is 2.11. The van der Waals surface area contributed by atoms with E-state index < -0.39 is 13.0 Å². The highest BCUT2D eigenvalue weighted by atomic mass is 19.3. The fraction of sp³-hybridized carbons (Fsp3) is 0.222. The van der Waals surface area contributed by atoms with Crippen LogP contribution in [0, 0.1) is 0 Å². The molecule has 0 saturated heterocycles. The summed E-state index contributed by atoms with van der Waals surface area (Å²) in [5.74, 6) is 0.361. The van der Waals surface area contributed by atoms with Crippen molar-refractivity contribution in [1.29, 1.82) is 0 Å². The van der Waals surface area contributed by atoms with Gasteiger partial charge in [0.2, 0.25) is 0 Å². The molecule has 1 aromatic rings. The Morgan fingerprint density at radius 1 is 1.36 bits per heavy atom. The molecule has 0 fully saturated rings. The molecule has 14 heavy (non-hydrogen) atoms. The lowest BCUT2D eigenvalue weighted by atomic mass is 10.2. The molecule has 1 aromatic carbocycles. The van der Waals surface area contributed by atoms with E-state index >= 15 is 0 Å². The van der Waals surface area contributed by atoms with Gasteiger partial charge in [0.1, 0.15) is 12.4 Å². The predicted octanol–water partition coefficient (Wildman–Crippen LogP) is 2.14. The Kier molecular flexibility index (Phi) is 3.84. The molecule has 0 saturated carbocycles. The molecular weight excluding hydrogens is 192 g/mol. The third kappa shape index (κ3) is 3.38. The molecule has 0 aliphatic carbocycles. The summed E-state index contributed by atoms with van der Waals surface area (Å²) in [5.41, 5.74) is 0.664. The monoisotopic (exact) mass is 201 g/mol. The standard InChI is InChI=1S/C9H9F2NO2/c10-9(11)6-14-8-3-1-7(2-4-8)5-12-13/h1-5,9,13H,6H2/b12-5-. The predicted molar refractivity (Wildman–Crippen MR) is 47.3 cm³/mol. The van der Waals surface area contributed by atoms with Crippen molar-refractivity contribution in [3.05, 3.63) is 29.8 Å². The minimum absolute atomic E-state index is 0.361. The Balaban J connectivity index is 2.55. The third-order valence-electron chi connectivity index (χ3n) is 1.46. The fourth-order valence-corrected chi connectivity index (χ4v) is 0.876. The molecule has 1 N–H and O–H groups in total. The Bertz CT molecular complexity index is 298. The quantitative estimate of drug-likeness (QED) is 0.460. The van der Waals surface area contributed by atoms with Crippen molar-refractivity contribution in [3.8, 4) is 5.75 Å². The van der Waals surface area contributed by atoms with Crippen molar-refractivity contribution >= 4 is 6.21 Å². The van der Waals surface area contributed by atoms with Crippen LogP contribution >= 0.6 is 0 Å². The van der Waals surface area contributed by atoms with Crippen molar-refractivity contribution in [1.82, 2.24) is 0 Å². The molecule has 0 aliphatic heterocycles. The maximum absolute atomic E-state index is 11.7. The zero-order valence-corrected chi connectivity index (χ0v) is 7.23. The van der Waals surface area contributed by atoms with Crippen LogP contribution in [0.4, 0.5) is 8.78 Å². The van der Waals surface area contributed by atoms with E-state index in [0.717, 1.165) is 0 Å². The van der Waals surface area contributed by atoms with Gasteiger partial charge in [0.15, 0.2) is 0 Å². The summed E-state index contributed by atoms with van der Waals surface area (Å²) in [6.07, 6.45) is -1.25. The zero-order valence-electron chi connectivity index (χ0n) is 7.23. The molecule has 1 rings (SSSR count). The molecule has 0 aliphatic rings. The molecule has 76 valence electrons. The number of alkyl halides is 2. The number of benzene rings is 1. The summed E-state index contributed by atoms with van der Waals surface area (Å²) in [6, 6.07) is 6.25. The minimum Gasteiger partial charge on any atom is -0.488 e. The van der Waals surface area contributed by atoms with Gasteiger partial charge in [-0.3, -0.25) is 0 Å². The maximum Gasteiger partial charge on any atom is 0.272 e. The van der Waals surface area contributed by atoms with Gasteiger partial charge in [-0.15, -0.1) is 0 Å². The van der Waals surface area contributed by atoms with Crippen molar-refractivity contribution in [2.24, 2.45) is 5.16 Å². The second-order valence-electron chi connectivity index (χ2n) is 2.52. The molecule has 0 unspecified atom stereocenters. The molecule has 0 heterocycles. The Morgan fingerprint density at radius 2 is 2.00 bits per heavy atom. The number of oxime groups is 1. The lowest BCUT2D eigenvalue weighted by Gasteiger charge is -2.04. The number of hydrogen-bond acceptors (Lipinski definition) is 3. The fourth-order valence-electron chi connectivity index (χ4n) is 0.876. The highest BCUT2D eigenvalue weighted by Gasteiger charge is 2.02. The molecule has 3 nitrogen and oxygen atoms in total. The third-order valence-corrected chi connectivity index (χ3v) is 1.46. The molecule has 0 spiro atoms. The van der Waals surface area contributed by atoms with Crippen molar-refractivity contribution in [3.63, 3.8) is 0 Å². The minimum atomic E-state index is -2.48. The first kappa shape index (κ1) is 10.4. The van der Waals surface area contributed by atoms with Crippen LogP contribution < -0.4 is 4.74 Å². The van der Waals surface area contributed by atoms with E-state index in [1.807, 2.05) is 0 Å². The molecule has 5 heteroatoms. The Morgan fingerprint density at radius 3 is 2.50 bits per heavy atom. The van der Waals surface area contributed by atoms with Gasteiger partial charge < -0.3 is 9.94 Å². The van der Waals surface area contributed by atoms with Crippen LogP contribution in [0.15, 0.2) is 29.4 Å². The largest absolute Gasteiger partial charge is 0.488 e.